The molecule has 0 aromatic heterocycles. The second-order valence-corrected chi connectivity index (χ2v) is 6.00. The van der Waals surface area contributed by atoms with E-state index in [0.29, 0.717) is 0 Å². The third-order valence-electron chi connectivity index (χ3n) is 4.47. The molecule has 0 aliphatic carbocycles. The Kier molecular flexibility index (Phi) is 3.88. The lowest BCUT2D eigenvalue weighted by Crippen LogP contribution is -2.48. The molecule has 0 radical (unpaired) electrons. The second kappa shape index (κ2) is 5.03. The fraction of sp³-hybridized carbons (Fsp3) is 1.00. The Bertz CT molecular complexity index is 229. The number of hydrogen-bond donors (Lipinski definition) is 1. The number of nitrogens with zero attached hydrogens (tertiary/aromatic N) is 2. The molecule has 0 aromatic rings. The quantitative estimate of drug-likeness (QED) is 0.752. The lowest BCUT2D eigenvalue weighted by Gasteiger charge is -2.37. The third-order valence-corrected chi connectivity index (χ3v) is 4.47. The summed E-state index contributed by atoms with van der Waals surface area (Å²) >= 11 is 0. The minimum Gasteiger partial charge on any atom is -0.316 e. The van der Waals surface area contributed by atoms with Crippen LogP contribution in [0.1, 0.15) is 20.3 Å². The Morgan fingerprint density at radius 1 is 1.12 bits per heavy atom. The lowest BCUT2D eigenvalue weighted by atomic mass is 9.94. The van der Waals surface area contributed by atoms with Gasteiger partial charge in [-0.15, -0.1) is 0 Å². The van der Waals surface area contributed by atoms with E-state index in [0.717, 1.165) is 23.9 Å². The van der Waals surface area contributed by atoms with E-state index in [1.165, 1.54) is 32.6 Å². The minimum absolute atomic E-state index is 0.752. The van der Waals surface area contributed by atoms with Crippen molar-refractivity contribution in [1.82, 2.24) is 15.1 Å². The summed E-state index contributed by atoms with van der Waals surface area (Å²) in [5.74, 6) is 1.62. The summed E-state index contributed by atoms with van der Waals surface area (Å²) in [5.41, 5.74) is 0. The van der Waals surface area contributed by atoms with Crippen LogP contribution in [0.2, 0.25) is 0 Å². The molecule has 94 valence electrons. The van der Waals surface area contributed by atoms with Crippen molar-refractivity contribution in [2.75, 3.05) is 40.3 Å². The molecular formula is C13H27N3. The molecule has 0 aromatic carbocycles. The molecule has 4 unspecified atom stereocenters. The van der Waals surface area contributed by atoms with Crippen LogP contribution in [0, 0.1) is 11.8 Å². The molecule has 2 aliphatic rings. The van der Waals surface area contributed by atoms with Gasteiger partial charge in [-0.2, -0.15) is 0 Å². The van der Waals surface area contributed by atoms with E-state index >= 15 is 0 Å². The van der Waals surface area contributed by atoms with Gasteiger partial charge in [0.05, 0.1) is 0 Å². The maximum atomic E-state index is 3.50. The molecule has 0 saturated carbocycles. The summed E-state index contributed by atoms with van der Waals surface area (Å²) in [5, 5.41) is 3.50. The number of rotatable bonds is 2. The van der Waals surface area contributed by atoms with Crippen molar-refractivity contribution >= 4 is 0 Å². The van der Waals surface area contributed by atoms with Crippen LogP contribution in [0.25, 0.3) is 0 Å². The predicted molar refractivity (Wildman–Crippen MR) is 68.7 cm³/mol. The molecule has 2 heterocycles. The van der Waals surface area contributed by atoms with E-state index in [9.17, 15) is 0 Å². The van der Waals surface area contributed by atoms with Crippen LogP contribution in [-0.2, 0) is 0 Å². The Hall–Kier alpha value is -0.120. The van der Waals surface area contributed by atoms with E-state index in [1.54, 1.807) is 0 Å². The number of hydrogen-bond acceptors (Lipinski definition) is 3. The summed E-state index contributed by atoms with van der Waals surface area (Å²) in [6, 6.07) is 1.57. The first-order valence-corrected chi connectivity index (χ1v) is 6.70. The van der Waals surface area contributed by atoms with Gasteiger partial charge in [0.15, 0.2) is 0 Å². The predicted octanol–water partition coefficient (Wildman–Crippen LogP) is 0.866. The number of likely N-dealkylation sites (N-methyl/N-ethyl adjacent to an activating group) is 1. The van der Waals surface area contributed by atoms with Crippen molar-refractivity contribution in [3.8, 4) is 0 Å². The summed E-state index contributed by atoms with van der Waals surface area (Å²) in [6.07, 6.45) is 1.33. The molecule has 2 aliphatic heterocycles. The fourth-order valence-corrected chi connectivity index (χ4v) is 3.47. The zero-order valence-corrected chi connectivity index (χ0v) is 11.2. The van der Waals surface area contributed by atoms with Crippen molar-refractivity contribution in [1.29, 1.82) is 0 Å². The molecule has 3 heteroatoms. The maximum absolute atomic E-state index is 3.50. The van der Waals surface area contributed by atoms with Crippen molar-refractivity contribution in [2.24, 2.45) is 11.8 Å². The van der Waals surface area contributed by atoms with Gasteiger partial charge < -0.3 is 10.2 Å². The molecule has 0 spiro atoms. The zero-order chi connectivity index (χ0) is 11.7. The highest BCUT2D eigenvalue weighted by Gasteiger charge is 2.37. The van der Waals surface area contributed by atoms with Gasteiger partial charge in [0.1, 0.15) is 0 Å². The van der Waals surface area contributed by atoms with Gasteiger partial charge in [0.25, 0.3) is 0 Å². The first-order valence-electron chi connectivity index (χ1n) is 6.70. The van der Waals surface area contributed by atoms with Gasteiger partial charge in [-0.3, -0.25) is 4.90 Å². The molecule has 4 atom stereocenters. The minimum atomic E-state index is 0.752. The highest BCUT2D eigenvalue weighted by molar-refractivity contribution is 4.93. The lowest BCUT2D eigenvalue weighted by molar-refractivity contribution is 0.137. The molecule has 0 bridgehead atoms. The molecule has 2 fully saturated rings. The molecule has 0 amide bonds. The van der Waals surface area contributed by atoms with Gasteiger partial charge >= 0.3 is 0 Å². The number of piperidine rings is 1. The summed E-state index contributed by atoms with van der Waals surface area (Å²) in [6.45, 7) is 9.75. The number of likely N-dealkylation sites (tertiary alicyclic amines) is 1. The Labute approximate surface area is 100 Å². The molecule has 2 saturated heterocycles. The van der Waals surface area contributed by atoms with E-state index in [-0.39, 0.29) is 0 Å². The van der Waals surface area contributed by atoms with Crippen molar-refractivity contribution in [3.63, 3.8) is 0 Å². The summed E-state index contributed by atoms with van der Waals surface area (Å²) in [7, 11) is 4.44. The van der Waals surface area contributed by atoms with Gasteiger partial charge in [-0.1, -0.05) is 13.8 Å². The smallest absolute Gasteiger partial charge is 0.0254 e. The first kappa shape index (κ1) is 12.3. The van der Waals surface area contributed by atoms with Crippen LogP contribution in [0.15, 0.2) is 0 Å². The SMILES string of the molecule is CC1CN(C2CCNCC2C)CC1N(C)C. The molecule has 16 heavy (non-hydrogen) atoms. The van der Waals surface area contributed by atoms with E-state index < -0.39 is 0 Å². The van der Waals surface area contributed by atoms with Crippen molar-refractivity contribution in [2.45, 2.75) is 32.4 Å². The Balaban J connectivity index is 1.96. The third kappa shape index (κ3) is 2.41. The molecular weight excluding hydrogens is 198 g/mol. The van der Waals surface area contributed by atoms with E-state index in [2.05, 4.69) is 43.1 Å². The van der Waals surface area contributed by atoms with Gasteiger partial charge in [0, 0.05) is 25.2 Å². The van der Waals surface area contributed by atoms with Gasteiger partial charge in [0.2, 0.25) is 0 Å². The molecule has 3 nitrogen and oxygen atoms in total. The highest BCUT2D eigenvalue weighted by atomic mass is 15.3. The van der Waals surface area contributed by atoms with Crippen molar-refractivity contribution < 1.29 is 0 Å². The average Bonchev–Trinajstić information content (AvgIpc) is 2.61. The normalized spacial score (nSPS) is 41.8. The van der Waals surface area contributed by atoms with Crippen LogP contribution in [0.4, 0.5) is 0 Å². The fourth-order valence-electron chi connectivity index (χ4n) is 3.47. The van der Waals surface area contributed by atoms with Gasteiger partial charge in [-0.25, -0.2) is 0 Å². The van der Waals surface area contributed by atoms with E-state index in [1.807, 2.05) is 0 Å². The second-order valence-electron chi connectivity index (χ2n) is 6.00. The first-order chi connectivity index (χ1) is 7.59. The number of nitrogens with one attached hydrogen (secondary N) is 1. The molecule has 2 rings (SSSR count). The average molecular weight is 225 g/mol. The highest BCUT2D eigenvalue weighted by Crippen LogP contribution is 2.27. The Morgan fingerprint density at radius 3 is 2.44 bits per heavy atom. The van der Waals surface area contributed by atoms with E-state index in [4.69, 9.17) is 0 Å². The van der Waals surface area contributed by atoms with Crippen LogP contribution in [-0.4, -0.2) is 62.2 Å². The monoisotopic (exact) mass is 225 g/mol. The maximum Gasteiger partial charge on any atom is 0.0254 e. The van der Waals surface area contributed by atoms with Crippen molar-refractivity contribution in [3.05, 3.63) is 0 Å². The summed E-state index contributed by atoms with van der Waals surface area (Å²) in [4.78, 5) is 5.14. The topological polar surface area (TPSA) is 18.5 Å². The van der Waals surface area contributed by atoms with Crippen LogP contribution in [0.5, 0.6) is 0 Å². The van der Waals surface area contributed by atoms with Crippen LogP contribution < -0.4 is 5.32 Å². The zero-order valence-electron chi connectivity index (χ0n) is 11.2. The molecule has 1 N–H and O–H groups in total. The van der Waals surface area contributed by atoms with Crippen LogP contribution in [0.3, 0.4) is 0 Å². The van der Waals surface area contributed by atoms with Crippen LogP contribution >= 0.6 is 0 Å². The standard InChI is InChI=1S/C13H27N3/c1-10-7-14-6-5-12(10)16-8-11(2)13(9-16)15(3)4/h10-14H,5-9H2,1-4H3. The summed E-state index contributed by atoms with van der Waals surface area (Å²) < 4.78 is 0. The van der Waals surface area contributed by atoms with Gasteiger partial charge in [-0.05, 0) is 45.4 Å². The largest absolute Gasteiger partial charge is 0.316 e. The Morgan fingerprint density at radius 2 is 1.88 bits per heavy atom.